The minimum absolute atomic E-state index is 0.0196. The number of halogens is 3. The van der Waals surface area contributed by atoms with Gasteiger partial charge in [-0.3, -0.25) is 0 Å². The molecule has 1 aromatic heterocycles. The Morgan fingerprint density at radius 2 is 1.91 bits per heavy atom. The highest BCUT2D eigenvalue weighted by Crippen LogP contribution is 2.37. The maximum Gasteiger partial charge on any atom is 0.416 e. The van der Waals surface area contributed by atoms with E-state index in [2.05, 4.69) is 28.7 Å². The lowest BCUT2D eigenvalue weighted by atomic mass is 9.79. The second kappa shape index (κ2) is 8.41. The summed E-state index contributed by atoms with van der Waals surface area (Å²) in [5.41, 5.74) is 0.436. The van der Waals surface area contributed by atoms with E-state index in [-0.39, 0.29) is 12.1 Å². The Morgan fingerprint density at radius 1 is 1.19 bits per heavy atom. The van der Waals surface area contributed by atoms with Gasteiger partial charge in [0.05, 0.1) is 28.5 Å². The number of hydrogen-bond donors (Lipinski definition) is 2. The first-order valence-electron chi connectivity index (χ1n) is 10.8. The van der Waals surface area contributed by atoms with Gasteiger partial charge in [-0.15, -0.1) is 0 Å². The summed E-state index contributed by atoms with van der Waals surface area (Å²) in [6.45, 7) is 6.47. The maximum absolute atomic E-state index is 12.9. The van der Waals surface area contributed by atoms with E-state index in [0.29, 0.717) is 36.8 Å². The number of aromatic nitrogens is 2. The molecule has 32 heavy (non-hydrogen) atoms. The molecule has 4 rings (SSSR count). The van der Waals surface area contributed by atoms with Crippen molar-refractivity contribution in [1.29, 1.82) is 0 Å². The van der Waals surface area contributed by atoms with Gasteiger partial charge in [0.15, 0.2) is 0 Å². The van der Waals surface area contributed by atoms with E-state index < -0.39 is 17.3 Å². The number of fused-ring (bicyclic) bond motifs is 1. The summed E-state index contributed by atoms with van der Waals surface area (Å²) >= 11 is 0. The first-order chi connectivity index (χ1) is 15.0. The van der Waals surface area contributed by atoms with Crippen molar-refractivity contribution in [2.45, 2.75) is 63.5 Å². The molecule has 2 heterocycles. The fourth-order valence-electron chi connectivity index (χ4n) is 4.54. The van der Waals surface area contributed by atoms with Crippen LogP contribution in [0, 0.1) is 0 Å². The van der Waals surface area contributed by atoms with E-state index in [9.17, 15) is 18.3 Å². The monoisotopic (exact) mass is 447 g/mol. The lowest BCUT2D eigenvalue weighted by molar-refractivity contribution is -0.137. The Balaban J connectivity index is 1.46. The lowest BCUT2D eigenvalue weighted by Crippen LogP contribution is -2.53. The number of nitrogens with one attached hydrogen (secondary N) is 1. The number of imidazole rings is 1. The van der Waals surface area contributed by atoms with Gasteiger partial charge in [0.2, 0.25) is 0 Å². The van der Waals surface area contributed by atoms with Crippen molar-refractivity contribution in [1.82, 2.24) is 14.9 Å². The maximum atomic E-state index is 12.9. The number of piperidine rings is 1. The van der Waals surface area contributed by atoms with Gasteiger partial charge in [-0.1, -0.05) is 12.1 Å². The molecular formula is C24H28F3N3O2. The molecule has 1 fully saturated rings. The fraction of sp³-hybridized carbons (Fsp3) is 0.458. The van der Waals surface area contributed by atoms with Crippen LogP contribution in [0.3, 0.4) is 0 Å². The normalized spacial score (nSPS) is 24.2. The van der Waals surface area contributed by atoms with Crippen molar-refractivity contribution >= 4 is 11.0 Å². The molecule has 3 aromatic rings. The standard InChI is InChI=1S/C24H28F3N3O2/c1-15(2)30-14-28-21-10-20(8-9-22(21)30)32-13-19-12-23(31,11-16(3)29-19)17-4-6-18(7-5-17)24(25,26)27/h4-10,14-16,19,29,31H,11-13H2,1-3H3/t16-,19-,23-/m0/s1. The van der Waals surface area contributed by atoms with Gasteiger partial charge < -0.3 is 19.7 Å². The largest absolute Gasteiger partial charge is 0.492 e. The number of aliphatic hydroxyl groups is 1. The predicted octanol–water partition coefficient (Wildman–Crippen LogP) is 5.04. The van der Waals surface area contributed by atoms with Gasteiger partial charge in [0, 0.05) is 24.2 Å². The fourth-order valence-corrected chi connectivity index (χ4v) is 4.54. The zero-order valence-electron chi connectivity index (χ0n) is 18.4. The molecule has 8 heteroatoms. The minimum atomic E-state index is -4.40. The highest BCUT2D eigenvalue weighted by atomic mass is 19.4. The average Bonchev–Trinajstić information content (AvgIpc) is 3.15. The summed E-state index contributed by atoms with van der Waals surface area (Å²) in [7, 11) is 0. The molecule has 0 saturated carbocycles. The van der Waals surface area contributed by atoms with Gasteiger partial charge >= 0.3 is 6.18 Å². The Bertz CT molecular complexity index is 1080. The van der Waals surface area contributed by atoms with Crippen LogP contribution in [0.15, 0.2) is 48.8 Å². The number of alkyl halides is 3. The van der Waals surface area contributed by atoms with Gasteiger partial charge in [-0.2, -0.15) is 13.2 Å². The summed E-state index contributed by atoms with van der Waals surface area (Å²) < 4.78 is 46.7. The first-order valence-corrected chi connectivity index (χ1v) is 10.8. The van der Waals surface area contributed by atoms with Crippen LogP contribution in [-0.4, -0.2) is 33.3 Å². The van der Waals surface area contributed by atoms with Crippen molar-refractivity contribution in [2.75, 3.05) is 6.61 Å². The predicted molar refractivity (Wildman–Crippen MR) is 117 cm³/mol. The number of nitrogens with zero attached hydrogens (tertiary/aromatic N) is 2. The quantitative estimate of drug-likeness (QED) is 0.575. The second-order valence-electron chi connectivity index (χ2n) is 8.99. The number of hydrogen-bond acceptors (Lipinski definition) is 4. The molecule has 5 nitrogen and oxygen atoms in total. The molecule has 172 valence electrons. The van der Waals surface area contributed by atoms with Crippen LogP contribution < -0.4 is 10.1 Å². The third kappa shape index (κ3) is 4.61. The van der Waals surface area contributed by atoms with Gasteiger partial charge in [0.1, 0.15) is 12.4 Å². The zero-order valence-corrected chi connectivity index (χ0v) is 18.4. The Hall–Kier alpha value is -2.58. The molecule has 0 amide bonds. The highest BCUT2D eigenvalue weighted by Gasteiger charge is 2.39. The lowest BCUT2D eigenvalue weighted by Gasteiger charge is -2.41. The molecule has 1 aliphatic rings. The van der Waals surface area contributed by atoms with Crippen molar-refractivity contribution in [3.63, 3.8) is 0 Å². The molecule has 2 N–H and O–H groups in total. The molecular weight excluding hydrogens is 419 g/mol. The van der Waals surface area contributed by atoms with E-state index in [1.54, 1.807) is 0 Å². The van der Waals surface area contributed by atoms with E-state index in [0.717, 1.165) is 23.2 Å². The zero-order chi connectivity index (χ0) is 23.1. The van der Waals surface area contributed by atoms with Crippen LogP contribution in [0.1, 0.15) is 50.8 Å². The van der Waals surface area contributed by atoms with E-state index >= 15 is 0 Å². The summed E-state index contributed by atoms with van der Waals surface area (Å²) in [5, 5.41) is 14.7. The third-order valence-corrected chi connectivity index (χ3v) is 6.05. The molecule has 1 aliphatic heterocycles. The van der Waals surface area contributed by atoms with Crippen molar-refractivity contribution in [3.8, 4) is 5.75 Å². The van der Waals surface area contributed by atoms with Crippen molar-refractivity contribution in [3.05, 3.63) is 59.9 Å². The molecule has 1 saturated heterocycles. The van der Waals surface area contributed by atoms with Crippen LogP contribution in [0.25, 0.3) is 11.0 Å². The third-order valence-electron chi connectivity index (χ3n) is 6.05. The molecule has 0 bridgehead atoms. The summed E-state index contributed by atoms with van der Waals surface area (Å²) in [6.07, 6.45) is -1.83. The smallest absolute Gasteiger partial charge is 0.416 e. The van der Waals surface area contributed by atoms with E-state index in [1.165, 1.54) is 12.1 Å². The Morgan fingerprint density at radius 3 is 2.56 bits per heavy atom. The molecule has 0 radical (unpaired) electrons. The van der Waals surface area contributed by atoms with Crippen LogP contribution in [0.5, 0.6) is 5.75 Å². The van der Waals surface area contributed by atoms with Crippen molar-refractivity contribution < 1.29 is 23.0 Å². The number of benzene rings is 2. The summed E-state index contributed by atoms with van der Waals surface area (Å²) in [4.78, 5) is 4.44. The molecule has 0 unspecified atom stereocenters. The SMILES string of the molecule is CC(C)n1cnc2cc(OC[C@@H]3C[C@](O)(c4ccc(C(F)(F)F)cc4)C[C@H](C)N3)ccc21. The molecule has 0 aliphatic carbocycles. The first kappa shape index (κ1) is 22.6. The molecule has 2 aromatic carbocycles. The molecule has 3 atom stereocenters. The van der Waals surface area contributed by atoms with Gasteiger partial charge in [0.25, 0.3) is 0 Å². The summed E-state index contributed by atoms with van der Waals surface area (Å²) in [6, 6.07) is 10.7. The minimum Gasteiger partial charge on any atom is -0.492 e. The average molecular weight is 448 g/mol. The second-order valence-corrected chi connectivity index (χ2v) is 8.99. The summed E-state index contributed by atoms with van der Waals surface area (Å²) in [5.74, 6) is 0.685. The van der Waals surface area contributed by atoms with Crippen molar-refractivity contribution in [2.24, 2.45) is 0 Å². The highest BCUT2D eigenvalue weighted by molar-refractivity contribution is 5.77. The number of rotatable bonds is 5. The Labute approximate surface area is 185 Å². The van der Waals surface area contributed by atoms with Crippen LogP contribution >= 0.6 is 0 Å². The topological polar surface area (TPSA) is 59.3 Å². The van der Waals surface area contributed by atoms with Crippen LogP contribution in [0.2, 0.25) is 0 Å². The van der Waals surface area contributed by atoms with E-state index in [4.69, 9.17) is 4.74 Å². The van der Waals surface area contributed by atoms with Crippen LogP contribution in [-0.2, 0) is 11.8 Å². The van der Waals surface area contributed by atoms with Gasteiger partial charge in [-0.25, -0.2) is 4.98 Å². The van der Waals surface area contributed by atoms with E-state index in [1.807, 2.05) is 31.5 Å². The van der Waals surface area contributed by atoms with Gasteiger partial charge in [-0.05, 0) is 63.4 Å². The molecule has 0 spiro atoms. The van der Waals surface area contributed by atoms with Crippen LogP contribution in [0.4, 0.5) is 13.2 Å². The Kier molecular flexibility index (Phi) is 5.94. The number of ether oxygens (including phenoxy) is 1.